The first-order chi connectivity index (χ1) is 24.3. The minimum atomic E-state index is 0.733. The van der Waals surface area contributed by atoms with Gasteiger partial charge in [-0.05, 0) is 28.6 Å². The molecule has 0 saturated carbocycles. The van der Waals surface area contributed by atoms with Crippen molar-refractivity contribution < 1.29 is 0 Å². The van der Waals surface area contributed by atoms with Crippen LogP contribution in [0.2, 0.25) is 0 Å². The molecule has 10 rings (SSSR count). The molecule has 4 heteroatoms. The lowest BCUT2D eigenvalue weighted by Gasteiger charge is -2.11. The van der Waals surface area contributed by atoms with Gasteiger partial charge in [0.1, 0.15) is 0 Å². The van der Waals surface area contributed by atoms with E-state index in [1.807, 2.05) is 41.7 Å². The van der Waals surface area contributed by atoms with E-state index >= 15 is 0 Å². The first kappa shape index (κ1) is 27.8. The molecule has 0 fully saturated rings. The number of thiophene rings is 1. The molecule has 0 aliphatic carbocycles. The molecular formula is C45H27N3S. The number of fused-ring (bicyclic) bond motifs is 8. The highest BCUT2D eigenvalue weighted by molar-refractivity contribution is 7.26. The van der Waals surface area contributed by atoms with Crippen molar-refractivity contribution in [2.24, 2.45) is 0 Å². The lowest BCUT2D eigenvalue weighted by Crippen LogP contribution is -1.95. The van der Waals surface area contributed by atoms with Gasteiger partial charge in [-0.1, -0.05) is 152 Å². The molecular weight excluding hydrogens is 615 g/mol. The number of benzene rings is 7. The monoisotopic (exact) mass is 641 g/mol. The van der Waals surface area contributed by atoms with Crippen LogP contribution in [-0.2, 0) is 0 Å². The molecule has 3 nitrogen and oxygen atoms in total. The van der Waals surface area contributed by atoms with Crippen LogP contribution in [0.5, 0.6) is 0 Å². The quantitative estimate of drug-likeness (QED) is 0.180. The Hall–Kier alpha value is -6.23. The summed E-state index contributed by atoms with van der Waals surface area (Å²) in [6.45, 7) is 0. The standard InChI is InChI=1S/C45H27N3S/c1-2-11-33(12-3-1)45-46-38-16-8-6-14-35(38)41(48-45)31-22-18-28(19-23-31)29-20-24-32(25-21-29)42-40-36-15-7-9-17-39(36)49-44(40)37-27-26-30-10-4-5-13-34(30)43(37)47-42/h1-27H. The van der Waals surface area contributed by atoms with Gasteiger partial charge in [-0.15, -0.1) is 11.3 Å². The van der Waals surface area contributed by atoms with Crippen molar-refractivity contribution in [2.75, 3.05) is 0 Å². The van der Waals surface area contributed by atoms with E-state index < -0.39 is 0 Å². The highest BCUT2D eigenvalue weighted by Gasteiger charge is 2.18. The van der Waals surface area contributed by atoms with Gasteiger partial charge in [0.15, 0.2) is 5.82 Å². The number of pyridine rings is 1. The Morgan fingerprint density at radius 2 is 0.980 bits per heavy atom. The van der Waals surface area contributed by atoms with Gasteiger partial charge in [0.25, 0.3) is 0 Å². The average Bonchev–Trinajstić information content (AvgIpc) is 3.58. The van der Waals surface area contributed by atoms with E-state index in [2.05, 4.69) is 133 Å². The molecule has 0 aliphatic heterocycles. The van der Waals surface area contributed by atoms with Crippen LogP contribution in [0.15, 0.2) is 164 Å². The van der Waals surface area contributed by atoms with Crippen molar-refractivity contribution in [3.05, 3.63) is 164 Å². The van der Waals surface area contributed by atoms with Crippen molar-refractivity contribution in [3.8, 4) is 45.0 Å². The molecule has 228 valence electrons. The van der Waals surface area contributed by atoms with E-state index in [-0.39, 0.29) is 0 Å². The molecule has 0 aliphatic rings. The maximum Gasteiger partial charge on any atom is 0.160 e. The maximum absolute atomic E-state index is 5.42. The SMILES string of the molecule is c1ccc(-c2nc(-c3ccc(-c4ccc(-c5nc6c7ccccc7ccc6c6sc7ccccc7c56)cc4)cc3)c3ccccc3n2)cc1. The number of nitrogens with zero attached hydrogens (tertiary/aromatic N) is 3. The molecule has 0 saturated heterocycles. The Bertz CT molecular complexity index is 2860. The minimum absolute atomic E-state index is 0.733. The lowest BCUT2D eigenvalue weighted by molar-refractivity contribution is 1.23. The fourth-order valence-electron chi connectivity index (χ4n) is 7.06. The van der Waals surface area contributed by atoms with Crippen LogP contribution in [0, 0.1) is 0 Å². The van der Waals surface area contributed by atoms with E-state index in [1.165, 1.54) is 36.3 Å². The second-order valence-electron chi connectivity index (χ2n) is 12.4. The third-order valence-corrected chi connectivity index (χ3v) is 10.7. The van der Waals surface area contributed by atoms with Crippen LogP contribution in [0.1, 0.15) is 0 Å². The Balaban J connectivity index is 1.07. The molecule has 0 bridgehead atoms. The molecule has 3 heterocycles. The molecule has 10 aromatic rings. The first-order valence-corrected chi connectivity index (χ1v) is 17.3. The Morgan fingerprint density at radius 1 is 0.367 bits per heavy atom. The summed E-state index contributed by atoms with van der Waals surface area (Å²) in [5.41, 5.74) is 9.46. The third kappa shape index (κ3) is 4.61. The largest absolute Gasteiger partial charge is 0.246 e. The molecule has 3 aromatic heterocycles. The highest BCUT2D eigenvalue weighted by atomic mass is 32.1. The van der Waals surface area contributed by atoms with Crippen molar-refractivity contribution in [2.45, 2.75) is 0 Å². The summed E-state index contributed by atoms with van der Waals surface area (Å²) in [7, 11) is 0. The predicted molar refractivity (Wildman–Crippen MR) is 207 cm³/mol. The topological polar surface area (TPSA) is 38.7 Å². The second-order valence-corrected chi connectivity index (χ2v) is 13.4. The molecule has 0 radical (unpaired) electrons. The van der Waals surface area contributed by atoms with Crippen molar-refractivity contribution in [3.63, 3.8) is 0 Å². The van der Waals surface area contributed by atoms with Crippen molar-refractivity contribution in [1.82, 2.24) is 15.0 Å². The summed E-state index contributed by atoms with van der Waals surface area (Å²) < 4.78 is 2.57. The number of hydrogen-bond donors (Lipinski definition) is 0. The third-order valence-electron chi connectivity index (χ3n) is 9.49. The molecule has 0 N–H and O–H groups in total. The van der Waals surface area contributed by atoms with E-state index in [0.717, 1.165) is 61.4 Å². The summed E-state index contributed by atoms with van der Waals surface area (Å²) in [6, 6.07) is 57.7. The van der Waals surface area contributed by atoms with E-state index in [0.29, 0.717) is 0 Å². The molecule has 0 unspecified atom stereocenters. The molecule has 49 heavy (non-hydrogen) atoms. The van der Waals surface area contributed by atoms with Gasteiger partial charge in [-0.3, -0.25) is 0 Å². The summed E-state index contributed by atoms with van der Waals surface area (Å²) in [6.07, 6.45) is 0. The second kappa shape index (κ2) is 11.2. The fourth-order valence-corrected chi connectivity index (χ4v) is 8.29. The highest BCUT2D eigenvalue weighted by Crippen LogP contribution is 2.44. The van der Waals surface area contributed by atoms with Crippen LogP contribution in [0.3, 0.4) is 0 Å². The van der Waals surface area contributed by atoms with E-state index in [4.69, 9.17) is 15.0 Å². The zero-order valence-corrected chi connectivity index (χ0v) is 27.2. The normalized spacial score (nSPS) is 11.7. The summed E-state index contributed by atoms with van der Waals surface area (Å²) in [5.74, 6) is 0.733. The maximum atomic E-state index is 5.42. The zero-order chi connectivity index (χ0) is 32.3. The van der Waals surface area contributed by atoms with E-state index in [9.17, 15) is 0 Å². The minimum Gasteiger partial charge on any atom is -0.246 e. The van der Waals surface area contributed by atoms with Gasteiger partial charge >= 0.3 is 0 Å². The van der Waals surface area contributed by atoms with Crippen molar-refractivity contribution in [1.29, 1.82) is 0 Å². The van der Waals surface area contributed by atoms with Crippen LogP contribution in [0.25, 0.3) is 97.8 Å². The summed E-state index contributed by atoms with van der Waals surface area (Å²) in [5, 5.41) is 7.13. The Morgan fingerprint density at radius 3 is 1.76 bits per heavy atom. The smallest absolute Gasteiger partial charge is 0.160 e. The van der Waals surface area contributed by atoms with Crippen LogP contribution in [0.4, 0.5) is 0 Å². The van der Waals surface area contributed by atoms with E-state index in [1.54, 1.807) is 0 Å². The first-order valence-electron chi connectivity index (χ1n) is 16.4. The summed E-state index contributed by atoms with van der Waals surface area (Å²) >= 11 is 1.86. The number of hydrogen-bond acceptors (Lipinski definition) is 4. The van der Waals surface area contributed by atoms with Gasteiger partial charge in [0.05, 0.1) is 22.4 Å². The Kier molecular flexibility index (Phi) is 6.36. The molecule has 7 aromatic carbocycles. The van der Waals surface area contributed by atoms with Gasteiger partial charge in [0.2, 0.25) is 0 Å². The number of para-hydroxylation sites is 1. The molecule has 0 amide bonds. The van der Waals surface area contributed by atoms with Gasteiger partial charge in [-0.25, -0.2) is 15.0 Å². The van der Waals surface area contributed by atoms with Crippen LogP contribution >= 0.6 is 11.3 Å². The van der Waals surface area contributed by atoms with Crippen LogP contribution in [-0.4, -0.2) is 15.0 Å². The number of rotatable bonds is 4. The van der Waals surface area contributed by atoms with Crippen molar-refractivity contribution >= 4 is 64.1 Å². The van der Waals surface area contributed by atoms with Gasteiger partial charge in [-0.2, -0.15) is 0 Å². The zero-order valence-electron chi connectivity index (χ0n) is 26.3. The van der Waals surface area contributed by atoms with Crippen LogP contribution < -0.4 is 0 Å². The summed E-state index contributed by atoms with van der Waals surface area (Å²) in [4.78, 5) is 15.4. The number of aromatic nitrogens is 3. The van der Waals surface area contributed by atoms with Gasteiger partial charge in [0, 0.05) is 53.0 Å². The Labute approximate surface area is 286 Å². The lowest BCUT2D eigenvalue weighted by atomic mass is 9.97. The fraction of sp³-hybridized carbons (Fsp3) is 0. The average molecular weight is 642 g/mol. The molecule has 0 spiro atoms. The predicted octanol–water partition coefficient (Wildman–Crippen LogP) is 12.4. The molecule has 0 atom stereocenters. The van der Waals surface area contributed by atoms with Gasteiger partial charge < -0.3 is 0 Å².